The van der Waals surface area contributed by atoms with Crippen LogP contribution < -0.4 is 10.5 Å². The van der Waals surface area contributed by atoms with E-state index in [1.54, 1.807) is 0 Å². The largest absolute Gasteiger partial charge is 0.391 e. The number of nitrogen functional groups attached to an aromatic ring is 1. The van der Waals surface area contributed by atoms with Crippen LogP contribution in [0.25, 0.3) is 0 Å². The third-order valence-corrected chi connectivity index (χ3v) is 3.54. The summed E-state index contributed by atoms with van der Waals surface area (Å²) in [5.74, 6) is -0.0186. The number of nitrogens with zero attached hydrogens (tertiary/aromatic N) is 1. The average molecular weight is 264 g/mol. The van der Waals surface area contributed by atoms with Crippen molar-refractivity contribution in [3.8, 4) is 0 Å². The lowest BCUT2D eigenvalue weighted by Crippen LogP contribution is -2.28. The highest BCUT2D eigenvalue weighted by Crippen LogP contribution is 2.13. The number of nitrogens with one attached hydrogen (secondary N) is 2. The molecular formula is C8H16N4O4S. The van der Waals surface area contributed by atoms with Crippen molar-refractivity contribution in [3.05, 3.63) is 6.20 Å². The van der Waals surface area contributed by atoms with Crippen molar-refractivity contribution in [1.82, 2.24) is 14.9 Å². The fourth-order valence-electron chi connectivity index (χ4n) is 1.21. The van der Waals surface area contributed by atoms with Crippen LogP contribution in [0.3, 0.4) is 0 Å². The molecule has 0 spiro atoms. The number of aromatic nitrogens is 2. The van der Waals surface area contributed by atoms with Crippen molar-refractivity contribution >= 4 is 15.8 Å². The number of aliphatic hydroxyl groups is 1. The van der Waals surface area contributed by atoms with Crippen molar-refractivity contribution in [2.45, 2.75) is 17.4 Å². The van der Waals surface area contributed by atoms with Gasteiger partial charge in [0.1, 0.15) is 10.7 Å². The van der Waals surface area contributed by atoms with Gasteiger partial charge in [-0.3, -0.25) is 5.10 Å². The van der Waals surface area contributed by atoms with Gasteiger partial charge in [0, 0.05) is 13.7 Å². The molecule has 0 saturated heterocycles. The van der Waals surface area contributed by atoms with E-state index in [-0.39, 0.29) is 30.3 Å². The van der Waals surface area contributed by atoms with Gasteiger partial charge in [0.25, 0.3) is 0 Å². The molecule has 0 aliphatic carbocycles. The molecule has 0 fully saturated rings. The van der Waals surface area contributed by atoms with E-state index in [1.165, 1.54) is 7.11 Å². The van der Waals surface area contributed by atoms with E-state index in [9.17, 15) is 13.5 Å². The Labute approximate surface area is 99.2 Å². The molecule has 8 nitrogen and oxygen atoms in total. The van der Waals surface area contributed by atoms with Gasteiger partial charge in [-0.1, -0.05) is 0 Å². The van der Waals surface area contributed by atoms with Gasteiger partial charge in [0.15, 0.2) is 0 Å². The minimum atomic E-state index is -3.68. The first-order valence-electron chi connectivity index (χ1n) is 4.93. The van der Waals surface area contributed by atoms with Gasteiger partial charge in [-0.15, -0.1) is 0 Å². The standard InChI is InChI=1S/C8H16N4O4S/c1-16-5-6(13)2-3-11-17(14,15)7-4-10-12-8(7)9/h4,6,11,13H,2-3,5H2,1H3,(H3,9,10,12). The number of nitrogens with two attached hydrogens (primary N) is 1. The lowest BCUT2D eigenvalue weighted by molar-refractivity contribution is 0.0603. The molecule has 0 aromatic carbocycles. The van der Waals surface area contributed by atoms with Gasteiger partial charge < -0.3 is 15.6 Å². The van der Waals surface area contributed by atoms with Crippen molar-refractivity contribution in [2.75, 3.05) is 26.0 Å². The molecule has 1 atom stereocenters. The molecule has 0 aliphatic heterocycles. The first-order valence-corrected chi connectivity index (χ1v) is 6.41. The first-order chi connectivity index (χ1) is 7.97. The smallest absolute Gasteiger partial charge is 0.245 e. The number of sulfonamides is 1. The fraction of sp³-hybridized carbons (Fsp3) is 0.625. The van der Waals surface area contributed by atoms with E-state index in [4.69, 9.17) is 10.5 Å². The minimum Gasteiger partial charge on any atom is -0.391 e. The Balaban J connectivity index is 2.49. The molecule has 98 valence electrons. The fourth-order valence-corrected chi connectivity index (χ4v) is 2.28. The molecule has 0 amide bonds. The topological polar surface area (TPSA) is 130 Å². The second-order valence-electron chi connectivity index (χ2n) is 3.44. The monoisotopic (exact) mass is 264 g/mol. The molecule has 1 aromatic heterocycles. The van der Waals surface area contributed by atoms with E-state index in [0.717, 1.165) is 6.20 Å². The second kappa shape index (κ2) is 5.96. The van der Waals surface area contributed by atoms with E-state index in [0.29, 0.717) is 0 Å². The number of rotatable bonds is 7. The quantitative estimate of drug-likeness (QED) is 0.482. The van der Waals surface area contributed by atoms with E-state index < -0.39 is 16.1 Å². The Hall–Kier alpha value is -1.16. The summed E-state index contributed by atoms with van der Waals surface area (Å²) in [4.78, 5) is -0.0984. The van der Waals surface area contributed by atoms with E-state index in [2.05, 4.69) is 14.9 Å². The molecule has 17 heavy (non-hydrogen) atoms. The zero-order chi connectivity index (χ0) is 12.9. The van der Waals surface area contributed by atoms with Gasteiger partial charge in [-0.2, -0.15) is 5.10 Å². The van der Waals surface area contributed by atoms with Crippen LogP contribution in [0.5, 0.6) is 0 Å². The summed E-state index contributed by atoms with van der Waals surface area (Å²) in [5, 5.41) is 15.2. The van der Waals surface area contributed by atoms with Gasteiger partial charge in [-0.05, 0) is 6.42 Å². The number of methoxy groups -OCH3 is 1. The number of anilines is 1. The first kappa shape index (κ1) is 13.9. The SMILES string of the molecule is COCC(O)CCNS(=O)(=O)c1cn[nH]c1N. The number of aliphatic hydroxyl groups excluding tert-OH is 1. The van der Waals surface area contributed by atoms with Gasteiger partial charge in [0.05, 0.1) is 18.9 Å². The Morgan fingerprint density at radius 1 is 1.71 bits per heavy atom. The van der Waals surface area contributed by atoms with Crippen molar-refractivity contribution in [1.29, 1.82) is 0 Å². The summed E-state index contributed by atoms with van der Waals surface area (Å²) in [6.45, 7) is 0.257. The van der Waals surface area contributed by atoms with Crippen molar-refractivity contribution in [2.24, 2.45) is 0 Å². The Morgan fingerprint density at radius 2 is 2.41 bits per heavy atom. The minimum absolute atomic E-state index is 0.0186. The normalized spacial score (nSPS) is 13.8. The van der Waals surface area contributed by atoms with Crippen molar-refractivity contribution < 1.29 is 18.3 Å². The number of ether oxygens (including phenoxy) is 1. The Kier molecular flexibility index (Phi) is 4.87. The molecule has 1 rings (SSSR count). The predicted molar refractivity (Wildman–Crippen MR) is 60.7 cm³/mol. The van der Waals surface area contributed by atoms with Crippen LogP contribution in [-0.2, 0) is 14.8 Å². The lowest BCUT2D eigenvalue weighted by Gasteiger charge is -2.10. The van der Waals surface area contributed by atoms with Crippen LogP contribution in [0.1, 0.15) is 6.42 Å². The average Bonchev–Trinajstić information content (AvgIpc) is 2.65. The molecular weight excluding hydrogens is 248 g/mol. The van der Waals surface area contributed by atoms with Crippen LogP contribution in [-0.4, -0.2) is 50.1 Å². The molecule has 5 N–H and O–H groups in total. The highest BCUT2D eigenvalue weighted by molar-refractivity contribution is 7.89. The molecule has 0 aliphatic rings. The van der Waals surface area contributed by atoms with Crippen LogP contribution in [0.2, 0.25) is 0 Å². The summed E-state index contributed by atoms with van der Waals surface area (Å²) in [5.41, 5.74) is 5.40. The zero-order valence-corrected chi connectivity index (χ0v) is 10.2. The highest BCUT2D eigenvalue weighted by Gasteiger charge is 2.19. The van der Waals surface area contributed by atoms with E-state index >= 15 is 0 Å². The molecule has 0 radical (unpaired) electrons. The lowest BCUT2D eigenvalue weighted by atomic mass is 10.3. The zero-order valence-electron chi connectivity index (χ0n) is 9.38. The number of aromatic amines is 1. The summed E-state index contributed by atoms with van der Waals surface area (Å²) in [6, 6.07) is 0. The molecule has 9 heteroatoms. The van der Waals surface area contributed by atoms with Crippen molar-refractivity contribution in [3.63, 3.8) is 0 Å². The summed E-state index contributed by atoms with van der Waals surface area (Å²) in [6.07, 6.45) is 0.679. The van der Waals surface area contributed by atoms with E-state index in [1.807, 2.05) is 0 Å². The van der Waals surface area contributed by atoms with Crippen LogP contribution >= 0.6 is 0 Å². The highest BCUT2D eigenvalue weighted by atomic mass is 32.2. The van der Waals surface area contributed by atoms with Gasteiger partial charge in [0.2, 0.25) is 10.0 Å². The number of H-pyrrole nitrogens is 1. The van der Waals surface area contributed by atoms with Crippen LogP contribution in [0.4, 0.5) is 5.82 Å². The molecule has 0 bridgehead atoms. The maximum atomic E-state index is 11.7. The van der Waals surface area contributed by atoms with Gasteiger partial charge in [-0.25, -0.2) is 13.1 Å². The Morgan fingerprint density at radius 3 is 2.94 bits per heavy atom. The third-order valence-electron chi connectivity index (χ3n) is 2.05. The molecule has 1 unspecified atom stereocenters. The van der Waals surface area contributed by atoms with Crippen LogP contribution in [0.15, 0.2) is 11.1 Å². The third kappa shape index (κ3) is 3.97. The van der Waals surface area contributed by atoms with Gasteiger partial charge >= 0.3 is 0 Å². The molecule has 0 saturated carbocycles. The summed E-state index contributed by atoms with van der Waals surface area (Å²) < 4.78 is 30.4. The maximum absolute atomic E-state index is 11.7. The number of hydrogen-bond donors (Lipinski definition) is 4. The van der Waals surface area contributed by atoms with Crippen LogP contribution in [0, 0.1) is 0 Å². The number of hydrogen-bond acceptors (Lipinski definition) is 6. The second-order valence-corrected chi connectivity index (χ2v) is 5.18. The molecule has 1 aromatic rings. The predicted octanol–water partition coefficient (Wildman–Crippen LogP) is -1.33. The Bertz CT molecular complexity index is 444. The summed E-state index contributed by atoms with van der Waals surface area (Å²) in [7, 11) is -2.22. The summed E-state index contributed by atoms with van der Waals surface area (Å²) >= 11 is 0. The maximum Gasteiger partial charge on any atom is 0.245 e. The molecule has 1 heterocycles.